The van der Waals surface area contributed by atoms with Crippen LogP contribution in [0.2, 0.25) is 0 Å². The Morgan fingerprint density at radius 1 is 0.719 bits per heavy atom. The number of aliphatic imine (C=N–C) groups is 1. The number of alkyl halides is 4. The van der Waals surface area contributed by atoms with Crippen molar-refractivity contribution in [1.29, 1.82) is 0 Å². The first-order chi connectivity index (χ1) is 30.4. The van der Waals surface area contributed by atoms with Gasteiger partial charge in [-0.15, -0.1) is 0 Å². The molecular weight excluding hydrogens is 835 g/mol. The molecule has 1 unspecified atom stereocenters. The van der Waals surface area contributed by atoms with E-state index in [1.54, 1.807) is 46.3 Å². The summed E-state index contributed by atoms with van der Waals surface area (Å²) in [5.74, 6) is -9.57. The van der Waals surface area contributed by atoms with Crippen molar-refractivity contribution in [2.75, 3.05) is 27.3 Å². The quantitative estimate of drug-likeness (QED) is 0.135. The predicted molar refractivity (Wildman–Crippen MR) is 232 cm³/mol. The molecule has 3 aliphatic heterocycles. The zero-order valence-electron chi connectivity index (χ0n) is 36.4. The molecule has 17 heteroatoms. The van der Waals surface area contributed by atoms with Gasteiger partial charge in [-0.05, 0) is 95.2 Å². The first-order valence-electron chi connectivity index (χ1n) is 21.6. The second-order valence-electron chi connectivity index (χ2n) is 17.6. The van der Waals surface area contributed by atoms with Crippen LogP contribution in [0.4, 0.5) is 27.2 Å². The molecular formula is C47H51F4N7O6. The van der Waals surface area contributed by atoms with Gasteiger partial charge in [-0.2, -0.15) is 17.6 Å². The second-order valence-corrected chi connectivity index (χ2v) is 17.6. The maximum Gasteiger partial charge on any atom is 0.407 e. The van der Waals surface area contributed by atoms with Gasteiger partial charge in [-0.1, -0.05) is 58.0 Å². The molecule has 2 saturated heterocycles. The van der Waals surface area contributed by atoms with E-state index in [1.165, 1.54) is 26.4 Å². The van der Waals surface area contributed by atoms with Gasteiger partial charge in [0.15, 0.2) is 0 Å². The van der Waals surface area contributed by atoms with Crippen molar-refractivity contribution in [3.8, 4) is 22.3 Å². The number of H-pyrrole nitrogens is 1. The summed E-state index contributed by atoms with van der Waals surface area (Å²) in [4.78, 5) is 67.3. The second kappa shape index (κ2) is 17.0. The first kappa shape index (κ1) is 44.4. The highest BCUT2D eigenvalue weighted by molar-refractivity contribution is 6.04. The van der Waals surface area contributed by atoms with Crippen LogP contribution >= 0.6 is 0 Å². The van der Waals surface area contributed by atoms with Gasteiger partial charge in [0.1, 0.15) is 17.9 Å². The van der Waals surface area contributed by atoms with Crippen LogP contribution in [0, 0.1) is 11.8 Å². The monoisotopic (exact) mass is 885 g/mol. The molecule has 0 spiro atoms. The van der Waals surface area contributed by atoms with Gasteiger partial charge in [0.25, 0.3) is 0 Å². The molecule has 4 aromatic rings. The Kier molecular flexibility index (Phi) is 11.8. The van der Waals surface area contributed by atoms with Crippen LogP contribution in [-0.2, 0) is 30.9 Å². The zero-order valence-corrected chi connectivity index (χ0v) is 36.4. The molecule has 0 radical (unpaired) electrons. The molecule has 3 N–H and O–H groups in total. The van der Waals surface area contributed by atoms with Crippen LogP contribution in [0.3, 0.4) is 0 Å². The lowest BCUT2D eigenvalue weighted by Gasteiger charge is -2.35. The molecule has 2 fully saturated rings. The Labute approximate surface area is 367 Å². The van der Waals surface area contributed by atoms with Gasteiger partial charge >= 0.3 is 24.0 Å². The topological polar surface area (TPSA) is 158 Å². The van der Waals surface area contributed by atoms with E-state index in [1.807, 2.05) is 27.7 Å². The van der Waals surface area contributed by atoms with E-state index in [4.69, 9.17) is 14.5 Å². The van der Waals surface area contributed by atoms with Crippen LogP contribution in [0.15, 0.2) is 65.8 Å². The van der Waals surface area contributed by atoms with E-state index in [-0.39, 0.29) is 47.2 Å². The van der Waals surface area contributed by atoms with Gasteiger partial charge in [0.05, 0.1) is 37.3 Å². The minimum atomic E-state index is -4.56. The highest BCUT2D eigenvalue weighted by atomic mass is 19.3. The van der Waals surface area contributed by atoms with Gasteiger partial charge in [-0.25, -0.2) is 14.6 Å². The number of alkyl carbamates (subject to hydrolysis) is 2. The van der Waals surface area contributed by atoms with Crippen LogP contribution in [-0.4, -0.2) is 94.9 Å². The number of rotatable bonds is 10. The number of nitrogens with zero attached hydrogens (tertiary/aromatic N) is 4. The molecule has 338 valence electrons. The third-order valence-electron chi connectivity index (χ3n) is 12.9. The van der Waals surface area contributed by atoms with Crippen LogP contribution in [0.1, 0.15) is 88.4 Å². The lowest BCUT2D eigenvalue weighted by molar-refractivity contribution is -0.225. The molecule has 0 saturated carbocycles. The molecule has 8 rings (SSSR count). The summed E-state index contributed by atoms with van der Waals surface area (Å²) in [5, 5.41) is 5.25. The molecule has 64 heavy (non-hydrogen) atoms. The van der Waals surface area contributed by atoms with Gasteiger partial charge < -0.3 is 34.9 Å². The lowest BCUT2D eigenvalue weighted by atomic mass is 9.78. The summed E-state index contributed by atoms with van der Waals surface area (Å²) in [6, 6.07) is 11.1. The van der Waals surface area contributed by atoms with Crippen LogP contribution < -0.4 is 10.6 Å². The number of hydrogen-bond acceptors (Lipinski definition) is 8. The van der Waals surface area contributed by atoms with Crippen molar-refractivity contribution in [1.82, 2.24) is 30.4 Å². The fraction of sp³-hybridized carbons (Fsp3) is 0.447. The number of carbonyl (C=O) groups excluding carboxylic acids is 4. The Morgan fingerprint density at radius 3 is 1.78 bits per heavy atom. The zero-order chi connectivity index (χ0) is 45.8. The third-order valence-corrected chi connectivity index (χ3v) is 12.9. The molecule has 4 aliphatic rings. The largest absolute Gasteiger partial charge is 0.453 e. The van der Waals surface area contributed by atoms with E-state index >= 15 is 17.6 Å². The molecule has 0 bridgehead atoms. The summed E-state index contributed by atoms with van der Waals surface area (Å²) in [6.45, 7) is 8.20. The van der Waals surface area contributed by atoms with Crippen molar-refractivity contribution in [3.63, 3.8) is 0 Å². The van der Waals surface area contributed by atoms with Crippen molar-refractivity contribution < 1.29 is 46.2 Å². The Morgan fingerprint density at radius 2 is 1.22 bits per heavy atom. The highest BCUT2D eigenvalue weighted by Gasteiger charge is 2.63. The molecule has 4 heterocycles. The number of hydrogen-bond donors (Lipinski definition) is 3. The predicted octanol–water partition coefficient (Wildman–Crippen LogP) is 8.70. The number of aromatic amines is 1. The van der Waals surface area contributed by atoms with E-state index in [0.717, 1.165) is 18.6 Å². The number of halogens is 4. The third kappa shape index (κ3) is 7.76. The molecule has 1 aromatic heterocycles. The van der Waals surface area contributed by atoms with Crippen molar-refractivity contribution in [3.05, 3.63) is 83.3 Å². The summed E-state index contributed by atoms with van der Waals surface area (Å²) >= 11 is 0. The number of methoxy groups -OCH3 is 2. The normalized spacial score (nSPS) is 20.7. The number of nitrogens with one attached hydrogen (secondary N) is 3. The maximum atomic E-state index is 16.3. The number of amides is 4. The summed E-state index contributed by atoms with van der Waals surface area (Å²) in [6.07, 6.45) is 3.02. The molecule has 4 atom stereocenters. The van der Waals surface area contributed by atoms with Crippen molar-refractivity contribution in [2.24, 2.45) is 16.8 Å². The number of carbonyl (C=O) groups is 4. The van der Waals surface area contributed by atoms with Gasteiger partial charge in [0.2, 0.25) is 11.8 Å². The van der Waals surface area contributed by atoms with Crippen molar-refractivity contribution >= 4 is 46.3 Å². The highest BCUT2D eigenvalue weighted by Crippen LogP contribution is 2.58. The minimum Gasteiger partial charge on any atom is -0.453 e. The first-order valence-corrected chi connectivity index (χ1v) is 21.6. The molecule has 1 aliphatic carbocycles. The number of fused-ring (bicyclic) bond motifs is 4. The van der Waals surface area contributed by atoms with Crippen molar-refractivity contribution in [2.45, 2.75) is 95.8 Å². The average molecular weight is 886 g/mol. The Balaban J connectivity index is 1.02. The van der Waals surface area contributed by atoms with Crippen LogP contribution in [0.5, 0.6) is 0 Å². The lowest BCUT2D eigenvalue weighted by Crippen LogP contribution is -2.53. The van der Waals surface area contributed by atoms with E-state index in [0.29, 0.717) is 77.2 Å². The average Bonchev–Trinajstić information content (AvgIpc) is 4.12. The number of benzene rings is 3. The number of likely N-dealkylation sites (tertiary alicyclic amines) is 2. The van der Waals surface area contributed by atoms with E-state index in [9.17, 15) is 19.2 Å². The number of imidazole rings is 1. The summed E-state index contributed by atoms with van der Waals surface area (Å²) in [5.41, 5.74) is 1.90. The standard InChI is InChI=1S/C47H51F4N7O6/c1-24(2)39(55-44(61)63-5)42(59)57-17-7-9-37(57)36-22-29(23-52-36)27-12-15-31-30-14-11-26(19-32(30)46(48,49)47(50,51)33(31)20-27)28-13-16-34-35(21-28)54-41(53-34)38-10-8-18-58(38)43(60)40(25(3)4)56-45(62)64-6/h11-16,19-21,23-25,37-40H,7-10,17-18,22H2,1-6H3,(H,53,54)(H,55,61)(H,56,62)/t37?,38-,39-,40-/m0/s1. The summed E-state index contributed by atoms with van der Waals surface area (Å²) in [7, 11) is 2.45. The maximum absolute atomic E-state index is 16.3. The summed E-state index contributed by atoms with van der Waals surface area (Å²) < 4.78 is 74.5. The fourth-order valence-corrected chi connectivity index (χ4v) is 9.44. The molecule has 13 nitrogen and oxygen atoms in total. The number of aromatic nitrogens is 2. The molecule has 4 amide bonds. The fourth-order valence-electron chi connectivity index (χ4n) is 9.44. The molecule has 3 aromatic carbocycles. The SMILES string of the molecule is COC(=O)N[C@H](C(=O)N1CCCC1C1=NC=C(c2ccc3c(c2)C(F)(F)C(F)(F)c2cc(-c4ccc5nc([C@@H]6CCCN6C(=O)[C@@H](NC(=O)OC)C(C)C)[nH]c5c4)ccc2-3)C1)C(C)C. The minimum absolute atomic E-state index is 0.00261. The van der Waals surface area contributed by atoms with E-state index < -0.39 is 53.3 Å². The Hall–Kier alpha value is -6.26. The number of ether oxygens (including phenoxy) is 2. The number of allylic oxidation sites excluding steroid dienone is 1. The van der Waals surface area contributed by atoms with Gasteiger partial charge in [-0.3, -0.25) is 14.6 Å². The Bertz CT molecular complexity index is 2590. The van der Waals surface area contributed by atoms with Crippen LogP contribution in [0.25, 0.3) is 38.9 Å². The smallest absolute Gasteiger partial charge is 0.407 e. The van der Waals surface area contributed by atoms with E-state index in [2.05, 4.69) is 20.6 Å². The van der Waals surface area contributed by atoms with Gasteiger partial charge in [0, 0.05) is 42.5 Å².